The molecule has 1 aliphatic heterocycles. The minimum absolute atomic E-state index is 0.0340. The molecule has 2 aromatic rings. The molecule has 0 radical (unpaired) electrons. The van der Waals surface area contributed by atoms with Crippen molar-refractivity contribution in [2.24, 2.45) is 0 Å². The van der Waals surface area contributed by atoms with Crippen LogP contribution in [0.1, 0.15) is 18.4 Å². The number of carbonyl (C=O) groups is 1. The minimum atomic E-state index is 0.0340. The molecule has 1 fully saturated rings. The van der Waals surface area contributed by atoms with Crippen molar-refractivity contribution in [2.75, 3.05) is 13.2 Å². The van der Waals surface area contributed by atoms with Gasteiger partial charge in [-0.3, -0.25) is 9.48 Å². The molecule has 1 unspecified atom stereocenters. The van der Waals surface area contributed by atoms with Gasteiger partial charge in [-0.15, -0.1) is 0 Å². The lowest BCUT2D eigenvalue weighted by Crippen LogP contribution is -2.40. The lowest BCUT2D eigenvalue weighted by molar-refractivity contribution is -0.137. The first-order valence-corrected chi connectivity index (χ1v) is 8.20. The molecule has 5 nitrogen and oxygen atoms in total. The molecule has 1 amide bonds. The van der Waals surface area contributed by atoms with Crippen molar-refractivity contribution in [1.82, 2.24) is 14.7 Å². The monoisotopic (exact) mass is 333 g/mol. The Kier molecular flexibility index (Phi) is 5.31. The van der Waals surface area contributed by atoms with Gasteiger partial charge in [0.25, 0.3) is 0 Å². The van der Waals surface area contributed by atoms with E-state index in [0.29, 0.717) is 11.6 Å². The molecule has 3 rings (SSSR count). The van der Waals surface area contributed by atoms with E-state index in [1.54, 1.807) is 6.20 Å². The van der Waals surface area contributed by atoms with Gasteiger partial charge in [-0.05, 0) is 30.5 Å². The van der Waals surface area contributed by atoms with Crippen molar-refractivity contribution < 1.29 is 9.53 Å². The van der Waals surface area contributed by atoms with Gasteiger partial charge in [0.1, 0.15) is 6.61 Å². The van der Waals surface area contributed by atoms with E-state index in [1.165, 1.54) is 0 Å². The molecule has 0 spiro atoms. The van der Waals surface area contributed by atoms with Gasteiger partial charge in [0.2, 0.25) is 5.91 Å². The van der Waals surface area contributed by atoms with Crippen LogP contribution in [-0.2, 0) is 22.7 Å². The molecule has 0 N–H and O–H groups in total. The average molecular weight is 334 g/mol. The number of aromatic nitrogens is 2. The zero-order valence-corrected chi connectivity index (χ0v) is 13.7. The van der Waals surface area contributed by atoms with Crippen LogP contribution in [0.3, 0.4) is 0 Å². The van der Waals surface area contributed by atoms with Gasteiger partial charge in [0.15, 0.2) is 0 Å². The van der Waals surface area contributed by atoms with Crippen molar-refractivity contribution in [2.45, 2.75) is 32.0 Å². The molecule has 1 aliphatic rings. The molecule has 23 heavy (non-hydrogen) atoms. The van der Waals surface area contributed by atoms with E-state index < -0.39 is 0 Å². The lowest BCUT2D eigenvalue weighted by Gasteiger charge is -2.24. The smallest absolute Gasteiger partial charge is 0.248 e. The Hall–Kier alpha value is -1.85. The van der Waals surface area contributed by atoms with Crippen LogP contribution in [0.4, 0.5) is 0 Å². The Morgan fingerprint density at radius 3 is 3.00 bits per heavy atom. The lowest BCUT2D eigenvalue weighted by atomic mass is 10.2. The van der Waals surface area contributed by atoms with E-state index in [2.05, 4.69) is 5.10 Å². The first-order chi connectivity index (χ1) is 11.2. The van der Waals surface area contributed by atoms with Crippen LogP contribution < -0.4 is 0 Å². The fourth-order valence-electron chi connectivity index (χ4n) is 2.92. The highest BCUT2D eigenvalue weighted by Crippen LogP contribution is 2.20. The quantitative estimate of drug-likeness (QED) is 0.816. The summed E-state index contributed by atoms with van der Waals surface area (Å²) in [5.41, 5.74) is 0.900. The molecule has 0 bridgehead atoms. The second-order valence-electron chi connectivity index (χ2n) is 5.70. The van der Waals surface area contributed by atoms with Crippen molar-refractivity contribution in [3.05, 3.63) is 53.3 Å². The highest BCUT2D eigenvalue weighted by Gasteiger charge is 2.28. The Balaban J connectivity index is 1.50. The summed E-state index contributed by atoms with van der Waals surface area (Å²) in [7, 11) is 0. The average Bonchev–Trinajstić information content (AvgIpc) is 3.21. The van der Waals surface area contributed by atoms with E-state index in [9.17, 15) is 4.79 Å². The van der Waals surface area contributed by atoms with Gasteiger partial charge in [-0.2, -0.15) is 5.10 Å². The molecule has 1 atom stereocenters. The summed E-state index contributed by atoms with van der Waals surface area (Å²) in [6, 6.07) is 9.61. The molecule has 0 saturated carbocycles. The van der Waals surface area contributed by atoms with Gasteiger partial charge >= 0.3 is 0 Å². The number of rotatable bonds is 6. The number of benzene rings is 1. The van der Waals surface area contributed by atoms with Gasteiger partial charge in [0.05, 0.1) is 19.2 Å². The molecule has 1 aromatic carbocycles. The van der Waals surface area contributed by atoms with Crippen LogP contribution in [0.5, 0.6) is 0 Å². The normalized spacial score (nSPS) is 17.6. The summed E-state index contributed by atoms with van der Waals surface area (Å²) < 4.78 is 7.44. The number of halogens is 1. The van der Waals surface area contributed by atoms with Crippen molar-refractivity contribution >= 4 is 17.5 Å². The van der Waals surface area contributed by atoms with Gasteiger partial charge in [-0.1, -0.05) is 29.8 Å². The Morgan fingerprint density at radius 1 is 1.35 bits per heavy atom. The van der Waals surface area contributed by atoms with Crippen molar-refractivity contribution in [1.29, 1.82) is 0 Å². The molecule has 2 heterocycles. The summed E-state index contributed by atoms with van der Waals surface area (Å²) in [4.78, 5) is 14.3. The minimum Gasteiger partial charge on any atom is -0.367 e. The summed E-state index contributed by atoms with van der Waals surface area (Å²) in [6.45, 7) is 1.97. The third-order valence-corrected chi connectivity index (χ3v) is 4.46. The van der Waals surface area contributed by atoms with Crippen LogP contribution in [0, 0.1) is 0 Å². The third kappa shape index (κ3) is 4.12. The van der Waals surface area contributed by atoms with Crippen LogP contribution in [0.15, 0.2) is 42.7 Å². The molecule has 1 aromatic heterocycles. The second kappa shape index (κ2) is 7.62. The molecule has 1 saturated heterocycles. The molecular formula is C17H20ClN3O2. The predicted molar refractivity (Wildman–Crippen MR) is 88.1 cm³/mol. The van der Waals surface area contributed by atoms with E-state index in [0.717, 1.165) is 31.5 Å². The van der Waals surface area contributed by atoms with Gasteiger partial charge in [0, 0.05) is 24.0 Å². The molecule has 0 aliphatic carbocycles. The Bertz CT molecular complexity index is 645. The number of ether oxygens (including phenoxy) is 1. The van der Waals surface area contributed by atoms with Crippen LogP contribution in [-0.4, -0.2) is 39.8 Å². The largest absolute Gasteiger partial charge is 0.367 e. The zero-order valence-electron chi connectivity index (χ0n) is 12.9. The highest BCUT2D eigenvalue weighted by molar-refractivity contribution is 6.31. The van der Waals surface area contributed by atoms with Gasteiger partial charge in [-0.25, -0.2) is 0 Å². The maximum Gasteiger partial charge on any atom is 0.248 e. The molecule has 6 heteroatoms. The summed E-state index contributed by atoms with van der Waals surface area (Å²) in [6.07, 6.45) is 5.72. The third-order valence-electron chi connectivity index (χ3n) is 4.10. The fraction of sp³-hybridized carbons (Fsp3) is 0.412. The second-order valence-corrected chi connectivity index (χ2v) is 6.10. The van der Waals surface area contributed by atoms with Gasteiger partial charge < -0.3 is 9.64 Å². The number of amides is 1. The summed E-state index contributed by atoms with van der Waals surface area (Å²) in [5.74, 6) is 0.0340. The number of likely N-dealkylation sites (tertiary alicyclic amines) is 1. The van der Waals surface area contributed by atoms with Crippen molar-refractivity contribution in [3.63, 3.8) is 0 Å². The SMILES string of the molecule is O=C(COCc1ccccc1Cl)N1CCCC1Cn1cccn1. The molecule has 122 valence electrons. The summed E-state index contributed by atoms with van der Waals surface area (Å²) >= 11 is 6.08. The Labute approximate surface area is 140 Å². The van der Waals surface area contributed by atoms with E-state index in [4.69, 9.17) is 16.3 Å². The topological polar surface area (TPSA) is 47.4 Å². The van der Waals surface area contributed by atoms with Crippen LogP contribution in [0.2, 0.25) is 5.02 Å². The summed E-state index contributed by atoms with van der Waals surface area (Å²) in [5, 5.41) is 4.88. The van der Waals surface area contributed by atoms with Crippen LogP contribution in [0.25, 0.3) is 0 Å². The van der Waals surface area contributed by atoms with Crippen molar-refractivity contribution in [3.8, 4) is 0 Å². The number of carbonyl (C=O) groups excluding carboxylic acids is 1. The number of hydrogen-bond acceptors (Lipinski definition) is 3. The first kappa shape index (κ1) is 16.0. The van der Waals surface area contributed by atoms with E-state index in [-0.39, 0.29) is 18.6 Å². The zero-order chi connectivity index (χ0) is 16.1. The standard InChI is InChI=1S/C17H20ClN3O2/c18-16-7-2-1-5-14(16)12-23-13-17(22)21-10-3-6-15(21)11-20-9-4-8-19-20/h1-2,4-5,7-9,15H,3,6,10-13H2. The number of nitrogens with zero attached hydrogens (tertiary/aromatic N) is 3. The molecular weight excluding hydrogens is 314 g/mol. The maximum absolute atomic E-state index is 12.4. The predicted octanol–water partition coefficient (Wildman–Crippen LogP) is 2.74. The maximum atomic E-state index is 12.4. The Morgan fingerprint density at radius 2 is 2.22 bits per heavy atom. The number of hydrogen-bond donors (Lipinski definition) is 0. The fourth-order valence-corrected chi connectivity index (χ4v) is 3.12. The highest BCUT2D eigenvalue weighted by atomic mass is 35.5. The van der Waals surface area contributed by atoms with Crippen LogP contribution >= 0.6 is 11.6 Å². The first-order valence-electron chi connectivity index (χ1n) is 7.82. The van der Waals surface area contributed by atoms with E-state index >= 15 is 0 Å². The van der Waals surface area contributed by atoms with E-state index in [1.807, 2.05) is 46.1 Å².